The summed E-state index contributed by atoms with van der Waals surface area (Å²) in [5.41, 5.74) is 0.739. The van der Waals surface area contributed by atoms with Gasteiger partial charge in [0.1, 0.15) is 11.5 Å². The highest BCUT2D eigenvalue weighted by molar-refractivity contribution is 6.31. The number of urea groups is 1. The van der Waals surface area contributed by atoms with Crippen LogP contribution in [0.5, 0.6) is 11.5 Å². The summed E-state index contributed by atoms with van der Waals surface area (Å²) in [6.45, 7) is 0. The molecule has 4 aromatic rings. The van der Waals surface area contributed by atoms with Gasteiger partial charge in [-0.15, -0.1) is 0 Å². The van der Waals surface area contributed by atoms with E-state index in [4.69, 9.17) is 16.3 Å². The van der Waals surface area contributed by atoms with Crippen LogP contribution < -0.4 is 15.4 Å². The van der Waals surface area contributed by atoms with Crippen molar-refractivity contribution in [3.05, 3.63) is 83.8 Å². The van der Waals surface area contributed by atoms with Crippen molar-refractivity contribution in [2.24, 2.45) is 0 Å². The lowest BCUT2D eigenvalue weighted by molar-refractivity contribution is -0.137. The van der Waals surface area contributed by atoms with E-state index in [0.29, 0.717) is 22.9 Å². The first-order valence-corrected chi connectivity index (χ1v) is 9.83. The van der Waals surface area contributed by atoms with Crippen molar-refractivity contribution < 1.29 is 22.7 Å². The molecule has 0 fully saturated rings. The van der Waals surface area contributed by atoms with Gasteiger partial charge in [0.15, 0.2) is 0 Å². The molecule has 0 unspecified atom stereocenters. The first kappa shape index (κ1) is 22.2. The quantitative estimate of drug-likeness (QED) is 0.305. The minimum Gasteiger partial charge on any atom is -0.457 e. The number of ether oxygens (including phenoxy) is 1. The van der Waals surface area contributed by atoms with Gasteiger partial charge in [0, 0.05) is 41.5 Å². The Balaban J connectivity index is 1.44. The number of alkyl halides is 3. The predicted molar refractivity (Wildman–Crippen MR) is 117 cm³/mol. The van der Waals surface area contributed by atoms with Gasteiger partial charge in [-0.05, 0) is 36.4 Å². The van der Waals surface area contributed by atoms with Crippen LogP contribution in [0.4, 0.5) is 29.3 Å². The molecule has 33 heavy (non-hydrogen) atoms. The van der Waals surface area contributed by atoms with Gasteiger partial charge in [-0.25, -0.2) is 4.79 Å². The maximum absolute atomic E-state index is 13.0. The maximum atomic E-state index is 13.0. The Bertz CT molecular complexity index is 1280. The number of amides is 2. The maximum Gasteiger partial charge on any atom is 0.417 e. The molecule has 0 saturated carbocycles. The van der Waals surface area contributed by atoms with Crippen molar-refractivity contribution in [2.75, 3.05) is 10.6 Å². The average Bonchev–Trinajstić information content (AvgIpc) is 3.30. The number of halogens is 4. The first-order valence-electron chi connectivity index (χ1n) is 9.46. The molecule has 0 atom stereocenters. The Kier molecular flexibility index (Phi) is 6.18. The number of nitrogens with zero attached hydrogens (tertiary/aromatic N) is 2. The van der Waals surface area contributed by atoms with E-state index in [0.717, 1.165) is 17.7 Å². The fourth-order valence-electron chi connectivity index (χ4n) is 2.91. The van der Waals surface area contributed by atoms with E-state index in [2.05, 4.69) is 25.8 Å². The molecular weight excluding hydrogens is 459 g/mol. The number of nitrogens with one attached hydrogen (secondary N) is 3. The molecule has 11 heteroatoms. The van der Waals surface area contributed by atoms with E-state index in [1.807, 2.05) is 0 Å². The van der Waals surface area contributed by atoms with Gasteiger partial charge in [0.05, 0.1) is 22.5 Å². The summed E-state index contributed by atoms with van der Waals surface area (Å²) in [5.74, 6) is 0.951. The molecule has 7 nitrogen and oxygen atoms in total. The minimum absolute atomic E-state index is 0.0554. The number of aromatic nitrogens is 3. The van der Waals surface area contributed by atoms with Gasteiger partial charge in [0.25, 0.3) is 0 Å². The zero-order valence-corrected chi connectivity index (χ0v) is 17.4. The van der Waals surface area contributed by atoms with E-state index < -0.39 is 22.8 Å². The standard InChI is InChI=1S/C22H15ClF3N5O2/c23-19-5-4-15(9-18(19)22(24,25)26)31-21(32)30-14-2-1-3-16(8-14)33-17-6-7-27-20(10-17)13-11-28-29-12-13/h1-12H,(H,28,29)(H2,30,31,32). The number of pyridine rings is 1. The summed E-state index contributed by atoms with van der Waals surface area (Å²) in [6, 6.07) is 12.3. The number of H-pyrrole nitrogens is 1. The lowest BCUT2D eigenvalue weighted by Gasteiger charge is -2.13. The first-order chi connectivity index (χ1) is 15.8. The minimum atomic E-state index is -4.64. The van der Waals surface area contributed by atoms with Crippen molar-refractivity contribution in [3.63, 3.8) is 0 Å². The number of aromatic amines is 1. The molecule has 0 saturated heterocycles. The molecule has 2 heterocycles. The molecular formula is C22H15ClF3N5O2. The molecule has 0 aliphatic carbocycles. The molecule has 0 bridgehead atoms. The monoisotopic (exact) mass is 473 g/mol. The van der Waals surface area contributed by atoms with Gasteiger partial charge >= 0.3 is 12.2 Å². The lowest BCUT2D eigenvalue weighted by Crippen LogP contribution is -2.20. The third-order valence-corrected chi connectivity index (χ3v) is 4.71. The van der Waals surface area contributed by atoms with Crippen molar-refractivity contribution in [3.8, 4) is 22.8 Å². The lowest BCUT2D eigenvalue weighted by atomic mass is 10.2. The fourth-order valence-corrected chi connectivity index (χ4v) is 3.14. The van der Waals surface area contributed by atoms with E-state index >= 15 is 0 Å². The zero-order valence-electron chi connectivity index (χ0n) is 16.7. The number of hydrogen-bond donors (Lipinski definition) is 3. The van der Waals surface area contributed by atoms with E-state index in [1.54, 1.807) is 55.0 Å². The summed E-state index contributed by atoms with van der Waals surface area (Å²) >= 11 is 5.60. The molecule has 2 aromatic heterocycles. The van der Waals surface area contributed by atoms with Crippen molar-refractivity contribution >= 4 is 29.0 Å². The Labute approximate surface area is 190 Å². The highest BCUT2D eigenvalue weighted by atomic mass is 35.5. The van der Waals surface area contributed by atoms with Crippen molar-refractivity contribution in [2.45, 2.75) is 6.18 Å². The third-order valence-electron chi connectivity index (χ3n) is 4.38. The highest BCUT2D eigenvalue weighted by Gasteiger charge is 2.33. The van der Waals surface area contributed by atoms with Crippen molar-refractivity contribution in [1.29, 1.82) is 0 Å². The number of anilines is 2. The molecule has 2 amide bonds. The molecule has 2 aromatic carbocycles. The van der Waals surface area contributed by atoms with Crippen LogP contribution in [-0.4, -0.2) is 21.2 Å². The molecule has 168 valence electrons. The average molecular weight is 474 g/mol. The van der Waals surface area contributed by atoms with Crippen LogP contribution in [0, 0.1) is 0 Å². The Morgan fingerprint density at radius 1 is 1.00 bits per heavy atom. The number of benzene rings is 2. The smallest absolute Gasteiger partial charge is 0.417 e. The second kappa shape index (κ2) is 9.21. The van der Waals surface area contributed by atoms with E-state index in [9.17, 15) is 18.0 Å². The SMILES string of the molecule is O=C(Nc1cccc(Oc2ccnc(-c3cn[nH]c3)c2)c1)Nc1ccc(Cl)c(C(F)(F)F)c1. The third kappa shape index (κ3) is 5.60. The van der Waals surface area contributed by atoms with Gasteiger partial charge < -0.3 is 15.4 Å². The summed E-state index contributed by atoms with van der Waals surface area (Å²) in [5, 5.41) is 11.1. The molecule has 0 spiro atoms. The topological polar surface area (TPSA) is 91.9 Å². The Hall–Kier alpha value is -4.05. The van der Waals surface area contributed by atoms with Gasteiger partial charge in [-0.2, -0.15) is 18.3 Å². The van der Waals surface area contributed by atoms with Crippen LogP contribution in [0.3, 0.4) is 0 Å². The normalized spacial score (nSPS) is 11.2. The molecule has 4 rings (SSSR count). The highest BCUT2D eigenvalue weighted by Crippen LogP contribution is 2.36. The number of rotatable bonds is 5. The van der Waals surface area contributed by atoms with Gasteiger partial charge in [0.2, 0.25) is 0 Å². The molecule has 0 aliphatic heterocycles. The summed E-state index contributed by atoms with van der Waals surface area (Å²) in [7, 11) is 0. The Morgan fingerprint density at radius 3 is 2.48 bits per heavy atom. The predicted octanol–water partition coefficient (Wildman–Crippen LogP) is 6.58. The van der Waals surface area contributed by atoms with E-state index in [-0.39, 0.29) is 5.69 Å². The number of carbonyl (C=O) groups is 1. The summed E-state index contributed by atoms with van der Waals surface area (Å²) < 4.78 is 44.9. The second-order valence-corrected chi connectivity index (χ2v) is 7.17. The molecule has 0 aliphatic rings. The van der Waals surface area contributed by atoms with Crippen LogP contribution in [0.2, 0.25) is 5.02 Å². The number of hydrogen-bond acceptors (Lipinski definition) is 4. The van der Waals surface area contributed by atoms with Crippen LogP contribution >= 0.6 is 11.6 Å². The van der Waals surface area contributed by atoms with E-state index in [1.165, 1.54) is 6.07 Å². The van der Waals surface area contributed by atoms with Crippen LogP contribution in [0.1, 0.15) is 5.56 Å². The number of carbonyl (C=O) groups excluding carboxylic acids is 1. The van der Waals surface area contributed by atoms with Gasteiger partial charge in [-0.3, -0.25) is 10.1 Å². The largest absolute Gasteiger partial charge is 0.457 e. The molecule has 0 radical (unpaired) electrons. The van der Waals surface area contributed by atoms with Crippen molar-refractivity contribution in [1.82, 2.24) is 15.2 Å². The van der Waals surface area contributed by atoms with Crippen LogP contribution in [0.15, 0.2) is 73.2 Å². The fraction of sp³-hybridized carbons (Fsp3) is 0.0455. The van der Waals surface area contributed by atoms with Crippen LogP contribution in [-0.2, 0) is 6.18 Å². The molecule has 3 N–H and O–H groups in total. The Morgan fingerprint density at radius 2 is 1.76 bits per heavy atom. The second-order valence-electron chi connectivity index (χ2n) is 6.77. The zero-order chi connectivity index (χ0) is 23.4. The van der Waals surface area contributed by atoms with Gasteiger partial charge in [-0.1, -0.05) is 17.7 Å². The van der Waals surface area contributed by atoms with Crippen LogP contribution in [0.25, 0.3) is 11.3 Å². The summed E-state index contributed by atoms with van der Waals surface area (Å²) in [6.07, 6.45) is 0.289. The summed E-state index contributed by atoms with van der Waals surface area (Å²) in [4.78, 5) is 16.5.